The number of carbonyl (C=O) groups is 1. The standard InChI is InChI=1S/C14H19N3O2/c1-7-11(14(18)19-2)12(15)17-13(16-7)10-6-8-3-4-9(10)5-8/h8-10H,3-6H2,1-2H3,(H2,15,16,17). The quantitative estimate of drug-likeness (QED) is 0.824. The van der Waals surface area contributed by atoms with E-state index in [1.54, 1.807) is 6.92 Å². The van der Waals surface area contributed by atoms with Crippen LogP contribution in [0.1, 0.15) is 53.5 Å². The number of nitrogens with two attached hydrogens (primary N) is 1. The highest BCUT2D eigenvalue weighted by molar-refractivity contribution is 5.95. The largest absolute Gasteiger partial charge is 0.465 e. The van der Waals surface area contributed by atoms with Crippen molar-refractivity contribution in [3.05, 3.63) is 17.1 Å². The van der Waals surface area contributed by atoms with Gasteiger partial charge in [0.15, 0.2) is 0 Å². The lowest BCUT2D eigenvalue weighted by molar-refractivity contribution is 0.0600. The molecule has 0 saturated heterocycles. The number of nitrogens with zero attached hydrogens (tertiary/aromatic N) is 2. The number of hydrogen-bond acceptors (Lipinski definition) is 5. The minimum atomic E-state index is -0.463. The van der Waals surface area contributed by atoms with Crippen LogP contribution in [0.5, 0.6) is 0 Å². The Morgan fingerprint density at radius 2 is 2.11 bits per heavy atom. The molecule has 5 nitrogen and oxygen atoms in total. The van der Waals surface area contributed by atoms with Crippen LogP contribution in [0.15, 0.2) is 0 Å². The molecule has 102 valence electrons. The van der Waals surface area contributed by atoms with E-state index in [0.717, 1.165) is 11.7 Å². The van der Waals surface area contributed by atoms with Crippen molar-refractivity contribution in [2.75, 3.05) is 12.8 Å². The van der Waals surface area contributed by atoms with Crippen LogP contribution < -0.4 is 5.73 Å². The summed E-state index contributed by atoms with van der Waals surface area (Å²) in [6.07, 6.45) is 5.08. The minimum absolute atomic E-state index is 0.247. The summed E-state index contributed by atoms with van der Waals surface area (Å²) >= 11 is 0. The minimum Gasteiger partial charge on any atom is -0.465 e. The van der Waals surface area contributed by atoms with Gasteiger partial charge in [-0.3, -0.25) is 0 Å². The highest BCUT2D eigenvalue weighted by Crippen LogP contribution is 2.52. The molecule has 3 unspecified atom stereocenters. The van der Waals surface area contributed by atoms with Gasteiger partial charge in [0.25, 0.3) is 0 Å². The SMILES string of the molecule is COC(=O)c1c(C)nc(C2CC3CCC2C3)nc1N. The molecule has 3 rings (SSSR count). The zero-order valence-corrected chi connectivity index (χ0v) is 11.3. The average molecular weight is 261 g/mol. The van der Waals surface area contributed by atoms with Crippen LogP contribution in [-0.2, 0) is 4.74 Å². The van der Waals surface area contributed by atoms with Crippen LogP contribution in [0.2, 0.25) is 0 Å². The van der Waals surface area contributed by atoms with E-state index in [0.29, 0.717) is 23.1 Å². The fourth-order valence-electron chi connectivity index (χ4n) is 3.70. The Hall–Kier alpha value is -1.65. The summed E-state index contributed by atoms with van der Waals surface area (Å²) in [5.41, 5.74) is 6.84. The third kappa shape index (κ3) is 1.97. The number of carbonyl (C=O) groups excluding carboxylic acids is 1. The number of aryl methyl sites for hydroxylation is 1. The Morgan fingerprint density at radius 3 is 2.63 bits per heavy atom. The van der Waals surface area contributed by atoms with Gasteiger partial charge >= 0.3 is 5.97 Å². The van der Waals surface area contributed by atoms with Gasteiger partial charge in [0.05, 0.1) is 12.8 Å². The van der Waals surface area contributed by atoms with Crippen LogP contribution in [0.25, 0.3) is 0 Å². The second-order valence-corrected chi connectivity index (χ2v) is 5.70. The highest BCUT2D eigenvalue weighted by Gasteiger charge is 2.42. The molecule has 2 fully saturated rings. The maximum atomic E-state index is 11.6. The number of anilines is 1. The monoisotopic (exact) mass is 261 g/mol. The van der Waals surface area contributed by atoms with Crippen molar-refractivity contribution >= 4 is 11.8 Å². The number of nitrogen functional groups attached to an aromatic ring is 1. The van der Waals surface area contributed by atoms with Gasteiger partial charge in [0.1, 0.15) is 17.2 Å². The Morgan fingerprint density at radius 1 is 1.32 bits per heavy atom. The molecule has 1 aromatic rings. The van der Waals surface area contributed by atoms with Crippen LogP contribution >= 0.6 is 0 Å². The summed E-state index contributed by atoms with van der Waals surface area (Å²) in [6.45, 7) is 1.79. The third-order valence-electron chi connectivity index (χ3n) is 4.59. The van der Waals surface area contributed by atoms with Gasteiger partial charge in [-0.2, -0.15) is 0 Å². The number of hydrogen-bond donors (Lipinski definition) is 1. The number of fused-ring (bicyclic) bond motifs is 2. The van der Waals surface area contributed by atoms with Crippen molar-refractivity contribution < 1.29 is 9.53 Å². The van der Waals surface area contributed by atoms with Crippen LogP contribution in [0.3, 0.4) is 0 Å². The number of aromatic nitrogens is 2. The Kier molecular flexibility index (Phi) is 2.92. The molecular weight excluding hydrogens is 242 g/mol. The molecule has 0 aliphatic heterocycles. The van der Waals surface area contributed by atoms with E-state index in [-0.39, 0.29) is 5.82 Å². The summed E-state index contributed by atoms with van der Waals surface area (Å²) < 4.78 is 4.71. The van der Waals surface area contributed by atoms with Gasteiger partial charge < -0.3 is 10.5 Å². The van der Waals surface area contributed by atoms with E-state index >= 15 is 0 Å². The van der Waals surface area contributed by atoms with E-state index in [9.17, 15) is 4.79 Å². The van der Waals surface area contributed by atoms with Crippen LogP contribution in [-0.4, -0.2) is 23.0 Å². The van der Waals surface area contributed by atoms with Gasteiger partial charge in [0.2, 0.25) is 0 Å². The van der Waals surface area contributed by atoms with E-state index in [1.165, 1.54) is 32.8 Å². The molecule has 19 heavy (non-hydrogen) atoms. The van der Waals surface area contributed by atoms with E-state index in [1.807, 2.05) is 0 Å². The topological polar surface area (TPSA) is 78.1 Å². The van der Waals surface area contributed by atoms with Crippen LogP contribution in [0.4, 0.5) is 5.82 Å². The summed E-state index contributed by atoms with van der Waals surface area (Å²) in [6, 6.07) is 0. The Bertz CT molecular complexity index is 506. The maximum absolute atomic E-state index is 11.6. The molecule has 3 atom stereocenters. The smallest absolute Gasteiger partial charge is 0.343 e. The Balaban J connectivity index is 1.94. The van der Waals surface area contributed by atoms with Crippen LogP contribution in [0, 0.1) is 18.8 Å². The lowest BCUT2D eigenvalue weighted by Gasteiger charge is -2.21. The second-order valence-electron chi connectivity index (χ2n) is 5.70. The van der Waals surface area contributed by atoms with Crippen molar-refractivity contribution in [2.24, 2.45) is 11.8 Å². The summed E-state index contributed by atoms with van der Waals surface area (Å²) in [5.74, 6) is 2.56. The van der Waals surface area contributed by atoms with Gasteiger partial charge in [-0.1, -0.05) is 6.42 Å². The summed E-state index contributed by atoms with van der Waals surface area (Å²) in [4.78, 5) is 20.5. The molecule has 2 N–H and O–H groups in total. The molecule has 1 heterocycles. The van der Waals surface area contributed by atoms with Gasteiger partial charge in [-0.05, 0) is 38.0 Å². The number of esters is 1. The van der Waals surface area contributed by atoms with Gasteiger partial charge in [-0.25, -0.2) is 14.8 Å². The Labute approximate surface area is 112 Å². The predicted octanol–water partition coefficient (Wildman–Crippen LogP) is 2.06. The molecule has 0 radical (unpaired) electrons. The number of ether oxygens (including phenoxy) is 1. The first-order chi connectivity index (χ1) is 9.10. The molecule has 2 aliphatic rings. The first-order valence-corrected chi connectivity index (χ1v) is 6.82. The number of rotatable bonds is 2. The third-order valence-corrected chi connectivity index (χ3v) is 4.59. The fourth-order valence-corrected chi connectivity index (χ4v) is 3.70. The first-order valence-electron chi connectivity index (χ1n) is 6.82. The highest BCUT2D eigenvalue weighted by atomic mass is 16.5. The van der Waals surface area contributed by atoms with Crippen molar-refractivity contribution in [1.29, 1.82) is 0 Å². The zero-order chi connectivity index (χ0) is 13.6. The van der Waals surface area contributed by atoms with Crippen molar-refractivity contribution in [1.82, 2.24) is 9.97 Å². The molecule has 0 amide bonds. The van der Waals surface area contributed by atoms with Crippen molar-refractivity contribution in [3.63, 3.8) is 0 Å². The van der Waals surface area contributed by atoms with E-state index < -0.39 is 5.97 Å². The molecule has 0 aromatic carbocycles. The lowest BCUT2D eigenvalue weighted by Crippen LogP contribution is -2.17. The molecule has 2 saturated carbocycles. The van der Waals surface area contributed by atoms with E-state index in [4.69, 9.17) is 10.5 Å². The van der Waals surface area contributed by atoms with E-state index in [2.05, 4.69) is 9.97 Å². The molecule has 0 spiro atoms. The average Bonchev–Trinajstić information content (AvgIpc) is 2.99. The first kappa shape index (κ1) is 12.4. The molecule has 1 aromatic heterocycles. The van der Waals surface area contributed by atoms with Crippen molar-refractivity contribution in [2.45, 2.75) is 38.5 Å². The lowest BCUT2D eigenvalue weighted by atomic mass is 9.88. The number of methoxy groups -OCH3 is 1. The molecular formula is C14H19N3O2. The molecule has 2 aliphatic carbocycles. The van der Waals surface area contributed by atoms with Gasteiger partial charge in [-0.15, -0.1) is 0 Å². The summed E-state index contributed by atoms with van der Waals surface area (Å²) in [5, 5.41) is 0. The fraction of sp³-hybridized carbons (Fsp3) is 0.643. The summed E-state index contributed by atoms with van der Waals surface area (Å²) in [7, 11) is 1.34. The zero-order valence-electron chi connectivity index (χ0n) is 11.3. The normalized spacial score (nSPS) is 28.6. The maximum Gasteiger partial charge on any atom is 0.343 e. The molecule has 2 bridgehead atoms. The van der Waals surface area contributed by atoms with Gasteiger partial charge in [0, 0.05) is 5.92 Å². The predicted molar refractivity (Wildman–Crippen MR) is 70.7 cm³/mol. The van der Waals surface area contributed by atoms with Crippen molar-refractivity contribution in [3.8, 4) is 0 Å². The second kappa shape index (κ2) is 4.47. The molecule has 5 heteroatoms.